The van der Waals surface area contributed by atoms with Crippen molar-refractivity contribution in [2.24, 2.45) is 0 Å². The van der Waals surface area contributed by atoms with Crippen LogP contribution >= 0.6 is 0 Å². The van der Waals surface area contributed by atoms with Crippen molar-refractivity contribution in [3.63, 3.8) is 0 Å². The highest BCUT2D eigenvalue weighted by Crippen LogP contribution is 2.25. The number of nitrogens with one attached hydrogen (secondary N) is 1. The first-order valence-electron chi connectivity index (χ1n) is 5.19. The maximum atomic E-state index is 12.0. The highest BCUT2D eigenvalue weighted by Gasteiger charge is 2.18. The van der Waals surface area contributed by atoms with Crippen molar-refractivity contribution in [1.29, 1.82) is 0 Å². The van der Waals surface area contributed by atoms with Crippen LogP contribution in [0.5, 0.6) is 5.75 Å². The second-order valence-corrected chi connectivity index (χ2v) is 5.34. The van der Waals surface area contributed by atoms with E-state index in [1.54, 1.807) is 6.92 Å². The Morgan fingerprint density at radius 3 is 2.68 bits per heavy atom. The van der Waals surface area contributed by atoms with E-state index in [1.165, 1.54) is 25.3 Å². The lowest BCUT2D eigenvalue weighted by Gasteiger charge is -2.07. The van der Waals surface area contributed by atoms with Crippen LogP contribution in [-0.2, 0) is 10.0 Å². The third-order valence-electron chi connectivity index (χ3n) is 2.26. The lowest BCUT2D eigenvalue weighted by Crippen LogP contribution is -2.13. The quantitative estimate of drug-likeness (QED) is 0.795. The van der Waals surface area contributed by atoms with Gasteiger partial charge in [0.05, 0.1) is 17.7 Å². The number of hydrogen-bond donors (Lipinski definition) is 2. The Labute approximate surface area is 109 Å². The van der Waals surface area contributed by atoms with Crippen LogP contribution in [0.4, 0.5) is 11.7 Å². The smallest absolute Gasteiger partial charge is 0.335 e. The third-order valence-corrected chi connectivity index (χ3v) is 3.58. The largest absolute Gasteiger partial charge is 0.495 e. The maximum absolute atomic E-state index is 12.0. The second kappa shape index (κ2) is 4.76. The van der Waals surface area contributed by atoms with E-state index in [0.29, 0.717) is 11.6 Å². The molecule has 0 amide bonds. The molecule has 9 heteroatoms. The van der Waals surface area contributed by atoms with E-state index in [1.807, 2.05) is 0 Å². The molecule has 0 bridgehead atoms. The van der Waals surface area contributed by atoms with Crippen molar-refractivity contribution < 1.29 is 17.7 Å². The van der Waals surface area contributed by atoms with Crippen molar-refractivity contribution >= 4 is 21.7 Å². The summed E-state index contributed by atoms with van der Waals surface area (Å²) < 4.78 is 35.9. The van der Waals surface area contributed by atoms with E-state index in [-0.39, 0.29) is 16.6 Å². The van der Waals surface area contributed by atoms with Gasteiger partial charge in [-0.1, -0.05) is 5.16 Å². The lowest BCUT2D eigenvalue weighted by molar-refractivity contribution is 0.416. The van der Waals surface area contributed by atoms with Gasteiger partial charge < -0.3 is 15.0 Å². The number of anilines is 2. The zero-order valence-corrected chi connectivity index (χ0v) is 11.1. The number of nitrogen functional groups attached to an aromatic ring is 1. The zero-order chi connectivity index (χ0) is 14.0. The molecule has 0 aliphatic carbocycles. The van der Waals surface area contributed by atoms with E-state index >= 15 is 0 Å². The first kappa shape index (κ1) is 13.1. The molecule has 0 aliphatic heterocycles. The first-order chi connectivity index (χ1) is 8.92. The summed E-state index contributed by atoms with van der Waals surface area (Å²) in [4.78, 5) is 3.73. The summed E-state index contributed by atoms with van der Waals surface area (Å²) in [5.74, 6) is 0.722. The summed E-state index contributed by atoms with van der Waals surface area (Å²) >= 11 is 0. The minimum atomic E-state index is -3.83. The minimum absolute atomic E-state index is 0.0262. The van der Waals surface area contributed by atoms with Gasteiger partial charge in [0.15, 0.2) is 5.82 Å². The van der Waals surface area contributed by atoms with Crippen LogP contribution in [-0.4, -0.2) is 25.7 Å². The number of benzene rings is 1. The molecule has 1 aromatic heterocycles. The molecule has 0 atom stereocenters. The van der Waals surface area contributed by atoms with Crippen molar-refractivity contribution in [2.75, 3.05) is 17.6 Å². The van der Waals surface area contributed by atoms with Crippen molar-refractivity contribution in [1.82, 2.24) is 10.1 Å². The summed E-state index contributed by atoms with van der Waals surface area (Å²) in [5.41, 5.74) is 5.87. The molecule has 0 saturated heterocycles. The standard InChI is InChI=1S/C10H12N4O4S/c1-6-12-10(18-13-6)14-19(15,16)7-3-4-9(17-2)8(11)5-7/h3-5H,11H2,1-2H3,(H,12,13,14). The van der Waals surface area contributed by atoms with Gasteiger partial charge in [0.25, 0.3) is 10.0 Å². The Morgan fingerprint density at radius 2 is 2.16 bits per heavy atom. The molecule has 8 nitrogen and oxygen atoms in total. The topological polar surface area (TPSA) is 120 Å². The predicted octanol–water partition coefficient (Wildman–Crippen LogP) is 0.770. The van der Waals surface area contributed by atoms with Crippen molar-refractivity contribution in [3.8, 4) is 5.75 Å². The predicted molar refractivity (Wildman–Crippen MR) is 67.2 cm³/mol. The number of ether oxygens (including phenoxy) is 1. The van der Waals surface area contributed by atoms with Gasteiger partial charge >= 0.3 is 6.01 Å². The maximum Gasteiger partial charge on any atom is 0.335 e. The Morgan fingerprint density at radius 1 is 1.42 bits per heavy atom. The average Bonchev–Trinajstić information content (AvgIpc) is 2.73. The summed E-state index contributed by atoms with van der Waals surface area (Å²) in [7, 11) is -2.39. The second-order valence-electron chi connectivity index (χ2n) is 3.66. The van der Waals surface area contributed by atoms with Crippen LogP contribution < -0.4 is 15.2 Å². The summed E-state index contributed by atoms with van der Waals surface area (Å²) in [6.07, 6.45) is 0. The zero-order valence-electron chi connectivity index (χ0n) is 10.2. The van der Waals surface area contributed by atoms with Gasteiger partial charge in [-0.3, -0.25) is 0 Å². The Balaban J connectivity index is 2.31. The Bertz CT molecular complexity index is 695. The number of rotatable bonds is 4. The highest BCUT2D eigenvalue weighted by atomic mass is 32.2. The van der Waals surface area contributed by atoms with E-state index in [2.05, 4.69) is 19.4 Å². The fourth-order valence-electron chi connectivity index (χ4n) is 1.39. The summed E-state index contributed by atoms with van der Waals surface area (Å²) in [6.45, 7) is 1.58. The first-order valence-corrected chi connectivity index (χ1v) is 6.67. The number of aromatic nitrogens is 2. The van der Waals surface area contributed by atoms with Gasteiger partial charge in [-0.05, 0) is 25.1 Å². The van der Waals surface area contributed by atoms with E-state index in [4.69, 9.17) is 10.5 Å². The van der Waals surface area contributed by atoms with E-state index < -0.39 is 10.0 Å². The molecule has 19 heavy (non-hydrogen) atoms. The number of aryl methyl sites for hydroxylation is 1. The lowest BCUT2D eigenvalue weighted by atomic mass is 10.3. The van der Waals surface area contributed by atoms with Gasteiger partial charge in [-0.25, -0.2) is 13.1 Å². The van der Waals surface area contributed by atoms with Crippen LogP contribution in [0.15, 0.2) is 27.6 Å². The van der Waals surface area contributed by atoms with Gasteiger partial charge in [0.2, 0.25) is 0 Å². The van der Waals surface area contributed by atoms with E-state index in [9.17, 15) is 8.42 Å². The molecule has 1 aromatic carbocycles. The molecule has 2 aromatic rings. The molecule has 3 N–H and O–H groups in total. The van der Waals surface area contributed by atoms with Crippen LogP contribution in [0, 0.1) is 6.92 Å². The van der Waals surface area contributed by atoms with E-state index in [0.717, 1.165) is 0 Å². The molecule has 2 rings (SSSR count). The highest BCUT2D eigenvalue weighted by molar-refractivity contribution is 7.92. The molecule has 1 heterocycles. The van der Waals surface area contributed by atoms with Crippen LogP contribution in [0.25, 0.3) is 0 Å². The fourth-order valence-corrected chi connectivity index (χ4v) is 2.35. The number of sulfonamides is 1. The van der Waals surface area contributed by atoms with Crippen LogP contribution in [0.1, 0.15) is 5.82 Å². The molecular weight excluding hydrogens is 272 g/mol. The third kappa shape index (κ3) is 2.76. The van der Waals surface area contributed by atoms with Gasteiger partial charge in [-0.2, -0.15) is 4.98 Å². The SMILES string of the molecule is COc1ccc(S(=O)(=O)Nc2nc(C)no2)cc1N. The van der Waals surface area contributed by atoms with Gasteiger partial charge in [-0.15, -0.1) is 0 Å². The Kier molecular flexibility index (Phi) is 3.30. The molecule has 0 saturated carbocycles. The fraction of sp³-hybridized carbons (Fsp3) is 0.200. The number of nitrogens with zero attached hydrogens (tertiary/aromatic N) is 2. The molecule has 0 aliphatic rings. The van der Waals surface area contributed by atoms with Crippen LogP contribution in [0.2, 0.25) is 0 Å². The van der Waals surface area contributed by atoms with Gasteiger partial charge in [0.1, 0.15) is 5.75 Å². The molecule has 0 radical (unpaired) electrons. The number of methoxy groups -OCH3 is 1. The number of hydrogen-bond acceptors (Lipinski definition) is 7. The van der Waals surface area contributed by atoms with Crippen molar-refractivity contribution in [3.05, 3.63) is 24.0 Å². The molecule has 0 fully saturated rings. The molecule has 0 unspecified atom stereocenters. The van der Waals surface area contributed by atoms with Gasteiger partial charge in [0, 0.05) is 0 Å². The molecule has 0 spiro atoms. The molecular formula is C10H12N4O4S. The van der Waals surface area contributed by atoms with Crippen LogP contribution in [0.3, 0.4) is 0 Å². The Hall–Kier alpha value is -2.29. The molecule has 102 valence electrons. The number of nitrogens with two attached hydrogens (primary N) is 1. The monoisotopic (exact) mass is 284 g/mol. The summed E-state index contributed by atoms with van der Waals surface area (Å²) in [6, 6.07) is 3.90. The van der Waals surface area contributed by atoms with Crippen molar-refractivity contribution in [2.45, 2.75) is 11.8 Å². The average molecular weight is 284 g/mol. The summed E-state index contributed by atoms with van der Waals surface area (Å²) in [5, 5.41) is 3.48. The minimum Gasteiger partial charge on any atom is -0.495 e. The normalized spacial score (nSPS) is 11.3.